The summed E-state index contributed by atoms with van der Waals surface area (Å²) in [5.41, 5.74) is 1.05. The van der Waals surface area contributed by atoms with Crippen LogP contribution in [0, 0.1) is 5.92 Å². The molecular formula is C14H21NO2. The molecule has 1 aliphatic carbocycles. The highest BCUT2D eigenvalue weighted by atomic mass is 16.5. The number of amides is 1. The number of carbonyl (C=O) groups is 1. The second-order valence-electron chi connectivity index (χ2n) is 5.64. The fourth-order valence-electron chi connectivity index (χ4n) is 3.45. The Hall–Kier alpha value is -0.830. The van der Waals surface area contributed by atoms with E-state index in [1.54, 1.807) is 0 Å². The number of hydrogen-bond acceptors (Lipinski definition) is 2. The van der Waals surface area contributed by atoms with E-state index in [9.17, 15) is 4.79 Å². The van der Waals surface area contributed by atoms with E-state index in [1.807, 2.05) is 0 Å². The molecule has 0 unspecified atom stereocenters. The van der Waals surface area contributed by atoms with Crippen LogP contribution in [-0.4, -0.2) is 36.1 Å². The topological polar surface area (TPSA) is 29.5 Å². The Morgan fingerprint density at radius 1 is 1.53 bits per heavy atom. The summed E-state index contributed by atoms with van der Waals surface area (Å²) >= 11 is 0. The van der Waals surface area contributed by atoms with Crippen LogP contribution in [0.4, 0.5) is 0 Å². The third-order valence-electron chi connectivity index (χ3n) is 4.31. The molecule has 0 bridgehead atoms. The monoisotopic (exact) mass is 235 g/mol. The SMILES string of the molecule is C[C@@H]1C[C@@H]2CN(C(=O)C3=CCCC3)CC[C@@H]2O1. The van der Waals surface area contributed by atoms with Crippen LogP contribution in [0.1, 0.15) is 39.0 Å². The molecular weight excluding hydrogens is 214 g/mol. The van der Waals surface area contributed by atoms with Crippen LogP contribution in [0.5, 0.6) is 0 Å². The average Bonchev–Trinajstić information content (AvgIpc) is 2.94. The first-order valence-electron chi connectivity index (χ1n) is 6.88. The van der Waals surface area contributed by atoms with Gasteiger partial charge in [-0.05, 0) is 39.0 Å². The van der Waals surface area contributed by atoms with Crippen molar-refractivity contribution in [3.63, 3.8) is 0 Å². The molecule has 2 aliphatic heterocycles. The number of carbonyl (C=O) groups excluding carboxylic acids is 1. The van der Waals surface area contributed by atoms with Gasteiger partial charge in [0.1, 0.15) is 0 Å². The normalized spacial score (nSPS) is 36.9. The van der Waals surface area contributed by atoms with E-state index in [0.717, 1.165) is 50.8 Å². The van der Waals surface area contributed by atoms with Crippen molar-refractivity contribution in [1.29, 1.82) is 0 Å². The molecule has 3 nitrogen and oxygen atoms in total. The molecule has 0 radical (unpaired) electrons. The molecule has 0 aromatic rings. The van der Waals surface area contributed by atoms with Crippen LogP contribution >= 0.6 is 0 Å². The van der Waals surface area contributed by atoms with Crippen molar-refractivity contribution in [1.82, 2.24) is 4.90 Å². The molecule has 2 saturated heterocycles. The van der Waals surface area contributed by atoms with Crippen molar-refractivity contribution in [3.05, 3.63) is 11.6 Å². The van der Waals surface area contributed by atoms with Gasteiger partial charge in [0, 0.05) is 24.6 Å². The summed E-state index contributed by atoms with van der Waals surface area (Å²) < 4.78 is 5.87. The summed E-state index contributed by atoms with van der Waals surface area (Å²) in [6.45, 7) is 3.93. The maximum absolute atomic E-state index is 12.3. The summed E-state index contributed by atoms with van der Waals surface area (Å²) in [5, 5.41) is 0. The van der Waals surface area contributed by atoms with E-state index in [0.29, 0.717) is 24.0 Å². The van der Waals surface area contributed by atoms with E-state index < -0.39 is 0 Å². The van der Waals surface area contributed by atoms with E-state index in [1.165, 1.54) is 0 Å². The highest BCUT2D eigenvalue weighted by Crippen LogP contribution is 2.33. The van der Waals surface area contributed by atoms with Gasteiger partial charge in [-0.15, -0.1) is 0 Å². The summed E-state index contributed by atoms with van der Waals surface area (Å²) in [7, 11) is 0. The molecule has 17 heavy (non-hydrogen) atoms. The molecule has 0 spiro atoms. The van der Waals surface area contributed by atoms with Gasteiger partial charge in [0.25, 0.3) is 0 Å². The van der Waals surface area contributed by atoms with Crippen LogP contribution in [0.2, 0.25) is 0 Å². The Kier molecular flexibility index (Phi) is 2.95. The Labute approximate surface area is 103 Å². The van der Waals surface area contributed by atoms with Crippen LogP contribution in [0.15, 0.2) is 11.6 Å². The molecule has 2 fully saturated rings. The lowest BCUT2D eigenvalue weighted by Gasteiger charge is -2.34. The zero-order chi connectivity index (χ0) is 11.8. The van der Waals surface area contributed by atoms with Gasteiger partial charge in [0.05, 0.1) is 12.2 Å². The van der Waals surface area contributed by atoms with Crippen molar-refractivity contribution in [2.45, 2.75) is 51.2 Å². The van der Waals surface area contributed by atoms with Gasteiger partial charge in [-0.1, -0.05) is 6.08 Å². The van der Waals surface area contributed by atoms with Crippen molar-refractivity contribution in [3.8, 4) is 0 Å². The maximum atomic E-state index is 12.3. The Balaban J connectivity index is 1.64. The molecule has 0 N–H and O–H groups in total. The van der Waals surface area contributed by atoms with Crippen molar-refractivity contribution in [2.75, 3.05) is 13.1 Å². The number of hydrogen-bond donors (Lipinski definition) is 0. The van der Waals surface area contributed by atoms with E-state index in [-0.39, 0.29) is 0 Å². The molecule has 0 aromatic carbocycles. The van der Waals surface area contributed by atoms with Crippen molar-refractivity contribution < 1.29 is 9.53 Å². The quantitative estimate of drug-likeness (QED) is 0.696. The largest absolute Gasteiger partial charge is 0.375 e. The van der Waals surface area contributed by atoms with Crippen LogP contribution in [-0.2, 0) is 9.53 Å². The average molecular weight is 235 g/mol. The first kappa shape index (κ1) is 11.3. The molecule has 3 aliphatic rings. The fraction of sp³-hybridized carbons (Fsp3) is 0.786. The summed E-state index contributed by atoms with van der Waals surface area (Å²) in [5.74, 6) is 0.866. The van der Waals surface area contributed by atoms with Crippen LogP contribution in [0.25, 0.3) is 0 Å². The second-order valence-corrected chi connectivity index (χ2v) is 5.64. The highest BCUT2D eigenvalue weighted by molar-refractivity contribution is 5.93. The number of piperidine rings is 1. The fourth-order valence-corrected chi connectivity index (χ4v) is 3.45. The van der Waals surface area contributed by atoms with Gasteiger partial charge < -0.3 is 9.64 Å². The molecule has 0 aromatic heterocycles. The third kappa shape index (κ3) is 2.13. The molecule has 2 heterocycles. The molecule has 3 atom stereocenters. The minimum atomic E-state index is 0.292. The first-order valence-corrected chi connectivity index (χ1v) is 6.88. The Morgan fingerprint density at radius 3 is 3.18 bits per heavy atom. The third-order valence-corrected chi connectivity index (χ3v) is 4.31. The molecule has 3 heteroatoms. The van der Waals surface area contributed by atoms with Gasteiger partial charge in [0.15, 0.2) is 0 Å². The van der Waals surface area contributed by atoms with Crippen LogP contribution in [0.3, 0.4) is 0 Å². The van der Waals surface area contributed by atoms with Crippen LogP contribution < -0.4 is 0 Å². The number of ether oxygens (including phenoxy) is 1. The second kappa shape index (κ2) is 4.45. The van der Waals surface area contributed by atoms with Gasteiger partial charge in [-0.3, -0.25) is 4.79 Å². The highest BCUT2D eigenvalue weighted by Gasteiger charge is 2.39. The lowest BCUT2D eigenvalue weighted by Crippen LogP contribution is -2.44. The minimum Gasteiger partial charge on any atom is -0.375 e. The molecule has 94 valence electrons. The minimum absolute atomic E-state index is 0.292. The summed E-state index contributed by atoms with van der Waals surface area (Å²) in [6.07, 6.45) is 8.28. The number of rotatable bonds is 1. The predicted octanol–water partition coefficient (Wildman–Crippen LogP) is 2.12. The zero-order valence-electron chi connectivity index (χ0n) is 10.5. The van der Waals surface area contributed by atoms with E-state index in [4.69, 9.17) is 4.74 Å². The first-order chi connectivity index (χ1) is 8.24. The maximum Gasteiger partial charge on any atom is 0.249 e. The predicted molar refractivity (Wildman–Crippen MR) is 65.6 cm³/mol. The van der Waals surface area contributed by atoms with Gasteiger partial charge >= 0.3 is 0 Å². The molecule has 1 amide bonds. The number of likely N-dealkylation sites (tertiary alicyclic amines) is 1. The summed E-state index contributed by atoms with van der Waals surface area (Å²) in [6, 6.07) is 0. The number of fused-ring (bicyclic) bond motifs is 1. The molecule has 0 saturated carbocycles. The van der Waals surface area contributed by atoms with Crippen molar-refractivity contribution >= 4 is 5.91 Å². The smallest absolute Gasteiger partial charge is 0.249 e. The van der Waals surface area contributed by atoms with E-state index >= 15 is 0 Å². The van der Waals surface area contributed by atoms with E-state index in [2.05, 4.69) is 17.9 Å². The van der Waals surface area contributed by atoms with Gasteiger partial charge in [-0.25, -0.2) is 0 Å². The lowest BCUT2D eigenvalue weighted by molar-refractivity contribution is -0.130. The molecule has 3 rings (SSSR count). The number of nitrogens with zero attached hydrogens (tertiary/aromatic N) is 1. The Morgan fingerprint density at radius 2 is 2.41 bits per heavy atom. The summed E-state index contributed by atoms with van der Waals surface area (Å²) in [4.78, 5) is 14.3. The zero-order valence-corrected chi connectivity index (χ0v) is 10.5. The van der Waals surface area contributed by atoms with Gasteiger partial charge in [-0.2, -0.15) is 0 Å². The Bertz CT molecular complexity index is 350. The lowest BCUT2D eigenvalue weighted by atomic mass is 9.92. The van der Waals surface area contributed by atoms with Gasteiger partial charge in [0.2, 0.25) is 5.91 Å². The standard InChI is InChI=1S/C14H21NO2/c1-10-8-12-9-15(7-6-13(12)17-10)14(16)11-4-2-3-5-11/h4,10,12-13H,2-3,5-9H2,1H3/t10-,12-,13+/m1/s1. The number of allylic oxidation sites excluding steroid dienone is 1. The van der Waals surface area contributed by atoms with Crippen molar-refractivity contribution in [2.24, 2.45) is 5.92 Å².